The van der Waals surface area contributed by atoms with E-state index >= 15 is 0 Å². The smallest absolute Gasteiger partial charge is 0.247 e. The van der Waals surface area contributed by atoms with E-state index in [2.05, 4.69) is 83.1 Å². The monoisotopic (exact) mass is 760 g/mol. The first-order chi connectivity index (χ1) is 26.3. The van der Waals surface area contributed by atoms with Gasteiger partial charge in [-0.05, 0) is 133 Å². The van der Waals surface area contributed by atoms with Crippen LogP contribution < -0.4 is 5.32 Å². The zero-order valence-corrected chi connectivity index (χ0v) is 35.3. The van der Waals surface area contributed by atoms with E-state index in [0.717, 1.165) is 71.7 Å². The van der Waals surface area contributed by atoms with Crippen LogP contribution in [0.5, 0.6) is 0 Å². The summed E-state index contributed by atoms with van der Waals surface area (Å²) >= 11 is 0. The number of rotatable bonds is 5. The lowest BCUT2D eigenvalue weighted by Crippen LogP contribution is -2.62. The summed E-state index contributed by atoms with van der Waals surface area (Å²) in [5.74, 6) is 0.353. The zero-order valence-electron chi connectivity index (χ0n) is 35.3. The third-order valence-corrected chi connectivity index (χ3v) is 16.7. The fourth-order valence-corrected chi connectivity index (χ4v) is 14.1. The molecule has 9 rings (SSSR count). The molecule has 7 heteroatoms. The van der Waals surface area contributed by atoms with Crippen molar-refractivity contribution in [2.24, 2.45) is 28.6 Å². The molecule has 9 atom stereocenters. The summed E-state index contributed by atoms with van der Waals surface area (Å²) in [5, 5.41) is 28.5. The zero-order chi connectivity index (χ0) is 40.1. The number of hydrogen-bond acceptors (Lipinski definition) is 5. The van der Waals surface area contributed by atoms with Crippen LogP contribution in [0.3, 0.4) is 0 Å². The summed E-state index contributed by atoms with van der Waals surface area (Å²) in [5.41, 5.74) is 6.57. The Morgan fingerprint density at radius 3 is 2.41 bits per heavy atom. The highest BCUT2D eigenvalue weighted by molar-refractivity contribution is 6.18. The lowest BCUT2D eigenvalue weighted by atomic mass is 9.40. The van der Waals surface area contributed by atoms with Gasteiger partial charge >= 0.3 is 0 Å². The molecule has 3 N–H and O–H groups in total. The van der Waals surface area contributed by atoms with Gasteiger partial charge in [-0.1, -0.05) is 70.4 Å². The minimum Gasteiger partial charge on any atom is -0.392 e. The molecule has 300 valence electrons. The Kier molecular flexibility index (Phi) is 8.46. The number of ether oxygens (including phenoxy) is 1. The van der Waals surface area contributed by atoms with E-state index in [1.54, 1.807) is 0 Å². The fraction of sp³-hybridized carbons (Fsp3) is 0.633. The number of amides is 1. The molecule has 0 spiro atoms. The Morgan fingerprint density at radius 1 is 1.00 bits per heavy atom. The molecule has 2 aromatic rings. The van der Waals surface area contributed by atoms with Crippen molar-refractivity contribution in [1.82, 2.24) is 9.88 Å². The average Bonchev–Trinajstić information content (AvgIpc) is 3.79. The molecule has 7 aliphatic rings. The predicted octanol–water partition coefficient (Wildman–Crippen LogP) is 9.55. The van der Waals surface area contributed by atoms with Crippen molar-refractivity contribution in [2.75, 3.05) is 0 Å². The van der Waals surface area contributed by atoms with Crippen molar-refractivity contribution in [3.05, 3.63) is 76.0 Å². The highest BCUT2D eigenvalue weighted by Crippen LogP contribution is 2.71. The molecule has 56 heavy (non-hydrogen) atoms. The Labute approximate surface area is 333 Å². The highest BCUT2D eigenvalue weighted by atomic mass is 16.5. The molecule has 0 bridgehead atoms. The maximum Gasteiger partial charge on any atom is 0.247 e. The number of aliphatic hydroxyl groups is 2. The molecule has 3 fully saturated rings. The number of benzene rings is 1. The topological polar surface area (TPSA) is 101 Å². The minimum absolute atomic E-state index is 0.00104. The van der Waals surface area contributed by atoms with Crippen LogP contribution in [-0.2, 0) is 21.4 Å². The van der Waals surface area contributed by atoms with Gasteiger partial charge in [-0.3, -0.25) is 9.59 Å². The number of fused-ring (bicyclic) bond motifs is 11. The molecule has 1 aromatic carbocycles. The van der Waals surface area contributed by atoms with Gasteiger partial charge in [-0.2, -0.15) is 0 Å². The van der Waals surface area contributed by atoms with Gasteiger partial charge in [0, 0.05) is 45.0 Å². The van der Waals surface area contributed by atoms with E-state index in [0.29, 0.717) is 23.5 Å². The summed E-state index contributed by atoms with van der Waals surface area (Å²) in [7, 11) is 0. The van der Waals surface area contributed by atoms with E-state index in [1.807, 2.05) is 26.0 Å². The molecule has 3 heterocycles. The first kappa shape index (κ1) is 38.3. The van der Waals surface area contributed by atoms with Gasteiger partial charge in [-0.15, -0.1) is 0 Å². The second-order valence-corrected chi connectivity index (χ2v) is 20.8. The summed E-state index contributed by atoms with van der Waals surface area (Å²) in [4.78, 5) is 28.1. The molecule has 2 aliphatic heterocycles. The van der Waals surface area contributed by atoms with Gasteiger partial charge in [0.1, 0.15) is 6.04 Å². The quantitative estimate of drug-likeness (QED) is 0.160. The number of ketones is 1. The maximum atomic E-state index is 15.0. The van der Waals surface area contributed by atoms with Crippen LogP contribution in [0, 0.1) is 28.6 Å². The van der Waals surface area contributed by atoms with Crippen molar-refractivity contribution in [1.29, 1.82) is 0 Å². The van der Waals surface area contributed by atoms with E-state index in [1.165, 1.54) is 30.5 Å². The number of hydrogen-bond donors (Lipinski definition) is 3. The van der Waals surface area contributed by atoms with Gasteiger partial charge in [0.2, 0.25) is 5.91 Å². The van der Waals surface area contributed by atoms with E-state index in [4.69, 9.17) is 4.74 Å². The molecule has 0 radical (unpaired) electrons. The number of aromatic nitrogens is 1. The van der Waals surface area contributed by atoms with E-state index < -0.39 is 34.9 Å². The van der Waals surface area contributed by atoms with Crippen molar-refractivity contribution < 1.29 is 24.5 Å². The average molecular weight is 761 g/mol. The van der Waals surface area contributed by atoms with Gasteiger partial charge in [0.25, 0.3) is 0 Å². The normalized spacial score (nSPS) is 38.2. The predicted molar refractivity (Wildman–Crippen MR) is 222 cm³/mol. The van der Waals surface area contributed by atoms with Crippen LogP contribution in [0.2, 0.25) is 0 Å². The van der Waals surface area contributed by atoms with Crippen LogP contribution in [-0.4, -0.2) is 49.8 Å². The van der Waals surface area contributed by atoms with Crippen molar-refractivity contribution >= 4 is 28.2 Å². The molecule has 3 saturated carbocycles. The Morgan fingerprint density at radius 2 is 1.71 bits per heavy atom. The van der Waals surface area contributed by atoms with Crippen molar-refractivity contribution in [2.45, 2.75) is 167 Å². The SMILES string of the molecule is C=C(C)C1C(=O)c2c3c(cc4c5c(n1c24)C1(C)C(CCC2C(C)(/C=C/C=C(\C)C(=O)NC4CCCCC4)C(O)CCC21C)C5)C1=CC(C)(C)OC(C)(C)C1C3O. The van der Waals surface area contributed by atoms with Crippen LogP contribution >= 0.6 is 0 Å². The number of nitrogens with one attached hydrogen (secondary N) is 1. The molecular weight excluding hydrogens is 697 g/mol. The fourth-order valence-electron chi connectivity index (χ4n) is 14.1. The molecule has 1 amide bonds. The summed E-state index contributed by atoms with van der Waals surface area (Å²) < 4.78 is 8.93. The van der Waals surface area contributed by atoms with Gasteiger partial charge in [0.05, 0.1) is 34.5 Å². The Balaban J connectivity index is 1.16. The first-order valence-electron chi connectivity index (χ1n) is 21.7. The molecule has 0 saturated heterocycles. The van der Waals surface area contributed by atoms with E-state index in [9.17, 15) is 19.8 Å². The number of nitrogens with zero attached hydrogens (tertiary/aromatic N) is 1. The molecule has 1 aromatic heterocycles. The third kappa shape index (κ3) is 4.98. The number of Topliss-reactive ketones (excluding diaryl/α,β-unsaturated/α-hetero) is 1. The van der Waals surface area contributed by atoms with Crippen LogP contribution in [0.1, 0.15) is 165 Å². The largest absolute Gasteiger partial charge is 0.392 e. The van der Waals surface area contributed by atoms with Crippen molar-refractivity contribution in [3.8, 4) is 0 Å². The minimum atomic E-state index is -0.851. The molecular formula is C49H64N2O5. The molecule has 5 aliphatic carbocycles. The standard InChI is InChI=1S/C49H64N2O5/c1-26(2)39-42(54)37-36-30(33-25-45(4,5)56-46(6,7)38(33)41(36)53)24-31-32-23-28-18-19-34-47(8,21-14-15-27(3)44(55)50-29-16-12-11-13-17-29)35(52)20-22-48(34,9)49(28,10)43(32)51(39)40(31)37/h14-15,21,24-25,28-29,34-35,38-39,41,52-53H,1,11-13,16-20,22-23H2,2-10H3,(H,50,55)/b21-14+,27-15+. The second kappa shape index (κ2) is 12.4. The number of aliphatic hydroxyl groups excluding tert-OH is 2. The molecule has 7 nitrogen and oxygen atoms in total. The lowest BCUT2D eigenvalue weighted by Gasteiger charge is -2.64. The number of carbonyl (C=O) groups is 2. The van der Waals surface area contributed by atoms with Gasteiger partial charge in [0.15, 0.2) is 5.78 Å². The second-order valence-electron chi connectivity index (χ2n) is 20.8. The van der Waals surface area contributed by atoms with Crippen LogP contribution in [0.4, 0.5) is 0 Å². The summed E-state index contributed by atoms with van der Waals surface area (Å²) in [6, 6.07) is 2.05. The first-order valence-corrected chi connectivity index (χ1v) is 21.7. The van der Waals surface area contributed by atoms with E-state index in [-0.39, 0.29) is 40.4 Å². The van der Waals surface area contributed by atoms with Gasteiger partial charge in [-0.25, -0.2) is 0 Å². The summed E-state index contributed by atoms with van der Waals surface area (Å²) in [6.45, 7) is 23.8. The highest BCUT2D eigenvalue weighted by Gasteiger charge is 2.68. The van der Waals surface area contributed by atoms with Gasteiger partial charge < -0.3 is 24.8 Å². The van der Waals surface area contributed by atoms with Crippen LogP contribution in [0.25, 0.3) is 16.5 Å². The number of carbonyl (C=O) groups excluding carboxylic acids is 2. The summed E-state index contributed by atoms with van der Waals surface area (Å²) in [6.07, 6.45) is 17.3. The Hall–Kier alpha value is -3.26. The lowest BCUT2D eigenvalue weighted by molar-refractivity contribution is -0.144. The third-order valence-electron chi connectivity index (χ3n) is 16.7. The number of allylic oxidation sites excluding steroid dienone is 3. The Bertz CT molecular complexity index is 2180. The van der Waals surface area contributed by atoms with Crippen molar-refractivity contribution in [3.63, 3.8) is 0 Å². The van der Waals surface area contributed by atoms with Crippen LogP contribution in [0.15, 0.2) is 48.1 Å². The maximum absolute atomic E-state index is 15.0. The molecule has 9 unspecified atom stereocenters.